The third-order valence-corrected chi connectivity index (χ3v) is 3.59. The fourth-order valence-electron chi connectivity index (χ4n) is 2.77. The predicted molar refractivity (Wildman–Crippen MR) is 79.5 cm³/mol. The molecule has 0 aliphatic carbocycles. The molecule has 0 radical (unpaired) electrons. The number of anilines is 1. The van der Waals surface area contributed by atoms with Gasteiger partial charge in [-0.05, 0) is 32.0 Å². The second-order valence-corrected chi connectivity index (χ2v) is 5.39. The molecule has 21 heavy (non-hydrogen) atoms. The molecular formula is C16H18N2O3. The second kappa shape index (κ2) is 5.69. The summed E-state index contributed by atoms with van der Waals surface area (Å²) < 4.78 is 10.8. The van der Waals surface area contributed by atoms with Crippen LogP contribution in [0.3, 0.4) is 0 Å². The first-order valence-electron chi connectivity index (χ1n) is 7.06. The molecule has 0 bridgehead atoms. The van der Waals surface area contributed by atoms with Crippen LogP contribution in [0.2, 0.25) is 0 Å². The van der Waals surface area contributed by atoms with E-state index in [1.54, 1.807) is 12.5 Å². The van der Waals surface area contributed by atoms with Crippen molar-refractivity contribution in [3.05, 3.63) is 36.4 Å². The Kier molecular flexibility index (Phi) is 3.75. The first kappa shape index (κ1) is 13.8. The minimum Gasteiger partial charge on any atom is -0.472 e. The minimum atomic E-state index is 0.141. The number of hydrogen-bond donors (Lipinski definition) is 0. The Bertz CT molecular complexity index is 614. The number of furan rings is 1. The molecule has 5 nitrogen and oxygen atoms in total. The summed E-state index contributed by atoms with van der Waals surface area (Å²) in [4.78, 5) is 18.0. The van der Waals surface area contributed by atoms with E-state index >= 15 is 0 Å². The molecule has 3 rings (SSSR count). The number of hydrogen-bond acceptors (Lipinski definition) is 5. The lowest BCUT2D eigenvalue weighted by atomic mass is 10.1. The Hall–Kier alpha value is -2.14. The molecule has 110 valence electrons. The van der Waals surface area contributed by atoms with Crippen LogP contribution in [0.15, 0.2) is 35.1 Å². The summed E-state index contributed by atoms with van der Waals surface area (Å²) in [5.41, 5.74) is 2.92. The summed E-state index contributed by atoms with van der Waals surface area (Å²) in [5.74, 6) is 0. The Morgan fingerprint density at radius 2 is 2.00 bits per heavy atom. The van der Waals surface area contributed by atoms with Gasteiger partial charge in [0, 0.05) is 18.7 Å². The van der Waals surface area contributed by atoms with Crippen molar-refractivity contribution in [3.63, 3.8) is 0 Å². The van der Waals surface area contributed by atoms with E-state index < -0.39 is 0 Å². The number of pyridine rings is 1. The molecule has 1 fully saturated rings. The SMILES string of the molecule is CC1CN(c2ccc(-c3ccoc3)nc2C=O)CC(C)O1. The van der Waals surface area contributed by atoms with Crippen LogP contribution in [0.5, 0.6) is 0 Å². The summed E-state index contributed by atoms with van der Waals surface area (Å²) >= 11 is 0. The van der Waals surface area contributed by atoms with Gasteiger partial charge in [0.2, 0.25) is 0 Å². The maximum Gasteiger partial charge on any atom is 0.170 e. The average Bonchev–Trinajstić information content (AvgIpc) is 2.99. The van der Waals surface area contributed by atoms with Crippen molar-refractivity contribution in [3.8, 4) is 11.3 Å². The van der Waals surface area contributed by atoms with E-state index in [0.29, 0.717) is 5.69 Å². The molecule has 1 saturated heterocycles. The topological polar surface area (TPSA) is 55.6 Å². The zero-order valence-electron chi connectivity index (χ0n) is 12.2. The maximum absolute atomic E-state index is 11.4. The Morgan fingerprint density at radius 1 is 1.24 bits per heavy atom. The zero-order valence-corrected chi connectivity index (χ0v) is 12.2. The van der Waals surface area contributed by atoms with E-state index in [0.717, 1.165) is 36.3 Å². The van der Waals surface area contributed by atoms with Crippen molar-refractivity contribution in [2.45, 2.75) is 26.1 Å². The van der Waals surface area contributed by atoms with E-state index in [1.807, 2.05) is 32.0 Å². The Balaban J connectivity index is 1.94. The highest BCUT2D eigenvalue weighted by Crippen LogP contribution is 2.26. The van der Waals surface area contributed by atoms with Gasteiger partial charge < -0.3 is 14.1 Å². The van der Waals surface area contributed by atoms with Gasteiger partial charge in [0.1, 0.15) is 5.69 Å². The van der Waals surface area contributed by atoms with Crippen LogP contribution in [-0.2, 0) is 4.74 Å². The number of morpholine rings is 1. The number of aromatic nitrogens is 1. The molecule has 0 N–H and O–H groups in total. The standard InChI is InChI=1S/C16H18N2O3/c1-11-7-18(8-12(2)21-11)16-4-3-14(17-15(16)9-19)13-5-6-20-10-13/h3-6,9-12H,7-8H2,1-2H3. The molecule has 1 aliphatic rings. The normalized spacial score (nSPS) is 22.3. The van der Waals surface area contributed by atoms with Gasteiger partial charge >= 0.3 is 0 Å². The molecule has 2 atom stereocenters. The summed E-state index contributed by atoms with van der Waals surface area (Å²) in [6.45, 7) is 5.60. The quantitative estimate of drug-likeness (QED) is 0.812. The highest BCUT2D eigenvalue weighted by Gasteiger charge is 2.24. The first-order chi connectivity index (χ1) is 10.2. The van der Waals surface area contributed by atoms with Crippen LogP contribution in [-0.4, -0.2) is 36.6 Å². The maximum atomic E-state index is 11.4. The van der Waals surface area contributed by atoms with E-state index in [9.17, 15) is 4.79 Å². The van der Waals surface area contributed by atoms with E-state index in [1.165, 1.54) is 0 Å². The smallest absolute Gasteiger partial charge is 0.170 e. The average molecular weight is 286 g/mol. The van der Waals surface area contributed by atoms with Crippen LogP contribution in [0.1, 0.15) is 24.3 Å². The molecule has 3 heterocycles. The van der Waals surface area contributed by atoms with E-state index in [4.69, 9.17) is 9.15 Å². The molecular weight excluding hydrogens is 268 g/mol. The van der Waals surface area contributed by atoms with Gasteiger partial charge in [-0.3, -0.25) is 4.79 Å². The predicted octanol–water partition coefficient (Wildman–Crippen LogP) is 2.77. The molecule has 0 saturated carbocycles. The van der Waals surface area contributed by atoms with Crippen LogP contribution in [0, 0.1) is 0 Å². The van der Waals surface area contributed by atoms with Crippen LogP contribution >= 0.6 is 0 Å². The van der Waals surface area contributed by atoms with Gasteiger partial charge in [-0.2, -0.15) is 0 Å². The lowest BCUT2D eigenvalue weighted by Crippen LogP contribution is -2.45. The van der Waals surface area contributed by atoms with Crippen molar-refractivity contribution < 1.29 is 13.9 Å². The summed E-state index contributed by atoms with van der Waals surface area (Å²) in [6.07, 6.45) is 4.30. The van der Waals surface area contributed by atoms with Crippen LogP contribution < -0.4 is 4.90 Å². The van der Waals surface area contributed by atoms with Gasteiger partial charge in [0.05, 0.1) is 36.1 Å². The third kappa shape index (κ3) is 2.83. The lowest BCUT2D eigenvalue weighted by Gasteiger charge is -2.37. The number of rotatable bonds is 3. The first-order valence-corrected chi connectivity index (χ1v) is 7.06. The van der Waals surface area contributed by atoms with E-state index in [2.05, 4.69) is 9.88 Å². The van der Waals surface area contributed by atoms with Gasteiger partial charge in [-0.1, -0.05) is 0 Å². The molecule has 2 unspecified atom stereocenters. The van der Waals surface area contributed by atoms with Gasteiger partial charge in [-0.25, -0.2) is 4.98 Å². The van der Waals surface area contributed by atoms with Crippen molar-refractivity contribution in [2.75, 3.05) is 18.0 Å². The Labute approximate surface area is 123 Å². The van der Waals surface area contributed by atoms with Crippen molar-refractivity contribution in [1.82, 2.24) is 4.98 Å². The molecule has 0 amide bonds. The highest BCUT2D eigenvalue weighted by molar-refractivity contribution is 5.83. The number of carbonyl (C=O) groups excluding carboxylic acids is 1. The molecule has 2 aromatic rings. The number of ether oxygens (including phenoxy) is 1. The van der Waals surface area contributed by atoms with Crippen molar-refractivity contribution in [1.29, 1.82) is 0 Å². The number of aldehydes is 1. The third-order valence-electron chi connectivity index (χ3n) is 3.59. The van der Waals surface area contributed by atoms with Gasteiger partial charge in [-0.15, -0.1) is 0 Å². The van der Waals surface area contributed by atoms with Gasteiger partial charge in [0.25, 0.3) is 0 Å². The van der Waals surface area contributed by atoms with Crippen molar-refractivity contribution in [2.24, 2.45) is 0 Å². The highest BCUT2D eigenvalue weighted by atomic mass is 16.5. The van der Waals surface area contributed by atoms with Crippen LogP contribution in [0.4, 0.5) is 5.69 Å². The molecule has 0 aromatic carbocycles. The fourth-order valence-corrected chi connectivity index (χ4v) is 2.77. The Morgan fingerprint density at radius 3 is 2.62 bits per heavy atom. The number of nitrogens with zero attached hydrogens (tertiary/aromatic N) is 2. The summed E-state index contributed by atoms with van der Waals surface area (Å²) in [6, 6.07) is 5.69. The molecule has 2 aromatic heterocycles. The van der Waals surface area contributed by atoms with E-state index in [-0.39, 0.29) is 12.2 Å². The fraction of sp³-hybridized carbons (Fsp3) is 0.375. The molecule has 1 aliphatic heterocycles. The molecule has 5 heteroatoms. The number of carbonyl (C=O) groups is 1. The monoisotopic (exact) mass is 286 g/mol. The summed E-state index contributed by atoms with van der Waals surface area (Å²) in [7, 11) is 0. The largest absolute Gasteiger partial charge is 0.472 e. The van der Waals surface area contributed by atoms with Gasteiger partial charge in [0.15, 0.2) is 6.29 Å². The summed E-state index contributed by atoms with van der Waals surface area (Å²) in [5, 5.41) is 0. The second-order valence-electron chi connectivity index (χ2n) is 5.39. The molecule has 0 spiro atoms. The lowest BCUT2D eigenvalue weighted by molar-refractivity contribution is -0.00527. The minimum absolute atomic E-state index is 0.141. The zero-order chi connectivity index (χ0) is 14.8. The van der Waals surface area contributed by atoms with Crippen molar-refractivity contribution >= 4 is 12.0 Å². The van der Waals surface area contributed by atoms with Crippen LogP contribution in [0.25, 0.3) is 11.3 Å².